The van der Waals surface area contributed by atoms with Crippen molar-refractivity contribution in [3.63, 3.8) is 0 Å². The molecule has 0 spiro atoms. The van der Waals surface area contributed by atoms with Crippen LogP contribution < -0.4 is 5.32 Å². The average Bonchev–Trinajstić information content (AvgIpc) is 2.64. The van der Waals surface area contributed by atoms with E-state index in [1.54, 1.807) is 0 Å². The Balaban J connectivity index is 2.56. The molecule has 1 aromatic heterocycles. The summed E-state index contributed by atoms with van der Waals surface area (Å²) < 4.78 is 3.12. The van der Waals surface area contributed by atoms with Gasteiger partial charge in [0.1, 0.15) is 0 Å². The zero-order valence-corrected chi connectivity index (χ0v) is 14.9. The number of hydrogen-bond donors (Lipinski definition) is 2. The number of rotatable bonds is 7. The van der Waals surface area contributed by atoms with Crippen LogP contribution in [0.3, 0.4) is 0 Å². The molecule has 0 radical (unpaired) electrons. The molecule has 0 saturated heterocycles. The van der Waals surface area contributed by atoms with E-state index in [1.807, 2.05) is 4.68 Å². The van der Waals surface area contributed by atoms with Gasteiger partial charge in [0.15, 0.2) is 0 Å². The Bertz CT molecular complexity index is 423. The number of aliphatic hydroxyl groups is 1. The van der Waals surface area contributed by atoms with E-state index in [4.69, 9.17) is 0 Å². The van der Waals surface area contributed by atoms with Crippen molar-refractivity contribution in [1.29, 1.82) is 0 Å². The second-order valence-electron chi connectivity index (χ2n) is 6.43. The highest BCUT2D eigenvalue weighted by Gasteiger charge is 2.17. The van der Waals surface area contributed by atoms with Crippen LogP contribution in [-0.4, -0.2) is 27.5 Å². The molecule has 1 atom stereocenters. The molecule has 1 rings (SSSR count). The molecule has 0 aliphatic carbocycles. The van der Waals surface area contributed by atoms with Crippen molar-refractivity contribution < 1.29 is 5.11 Å². The molecule has 1 unspecified atom stereocenters. The number of hydrogen-bond acceptors (Lipinski definition) is 3. The monoisotopic (exact) mass is 345 g/mol. The second kappa shape index (κ2) is 7.57. The van der Waals surface area contributed by atoms with Crippen molar-refractivity contribution in [3.05, 3.63) is 15.9 Å². The minimum atomic E-state index is -0.308. The Morgan fingerprint density at radius 3 is 2.50 bits per heavy atom. The van der Waals surface area contributed by atoms with Gasteiger partial charge in [0.25, 0.3) is 0 Å². The standard InChI is InChI=1S/C15H28BrN3O/c1-6-12-14(16)13(19(7-2)18-12)10-17-9-11(20)8-15(3,4)5/h11,17,20H,6-10H2,1-5H3. The Hall–Kier alpha value is -0.390. The van der Waals surface area contributed by atoms with Crippen LogP contribution in [-0.2, 0) is 19.5 Å². The lowest BCUT2D eigenvalue weighted by Crippen LogP contribution is -2.30. The zero-order chi connectivity index (χ0) is 15.3. The van der Waals surface area contributed by atoms with Crippen molar-refractivity contribution in [2.75, 3.05) is 6.54 Å². The molecule has 0 amide bonds. The van der Waals surface area contributed by atoms with Gasteiger partial charge in [-0.15, -0.1) is 0 Å². The third-order valence-corrected chi connectivity index (χ3v) is 4.13. The number of nitrogens with zero attached hydrogens (tertiary/aromatic N) is 2. The molecule has 20 heavy (non-hydrogen) atoms. The maximum atomic E-state index is 10.0. The lowest BCUT2D eigenvalue weighted by Gasteiger charge is -2.22. The highest BCUT2D eigenvalue weighted by atomic mass is 79.9. The number of aryl methyl sites for hydroxylation is 2. The van der Waals surface area contributed by atoms with Gasteiger partial charge in [-0.2, -0.15) is 5.10 Å². The molecule has 0 aliphatic heterocycles. The van der Waals surface area contributed by atoms with Gasteiger partial charge in [0, 0.05) is 19.6 Å². The first-order chi connectivity index (χ1) is 9.28. The SMILES string of the molecule is CCc1nn(CC)c(CNCC(O)CC(C)(C)C)c1Br. The van der Waals surface area contributed by atoms with E-state index in [-0.39, 0.29) is 11.5 Å². The Morgan fingerprint density at radius 1 is 1.35 bits per heavy atom. The minimum Gasteiger partial charge on any atom is -0.392 e. The summed E-state index contributed by atoms with van der Waals surface area (Å²) in [6, 6.07) is 0. The van der Waals surface area contributed by atoms with Crippen LogP contribution in [0.5, 0.6) is 0 Å². The highest BCUT2D eigenvalue weighted by Crippen LogP contribution is 2.23. The molecule has 1 heterocycles. The summed E-state index contributed by atoms with van der Waals surface area (Å²) in [5, 5.41) is 17.9. The van der Waals surface area contributed by atoms with Crippen LogP contribution in [0.15, 0.2) is 4.47 Å². The maximum Gasteiger partial charge on any atom is 0.0767 e. The Morgan fingerprint density at radius 2 is 2.00 bits per heavy atom. The van der Waals surface area contributed by atoms with Crippen LogP contribution in [0.2, 0.25) is 0 Å². The number of halogens is 1. The molecule has 116 valence electrons. The number of aromatic nitrogens is 2. The molecule has 1 aromatic rings. The summed E-state index contributed by atoms with van der Waals surface area (Å²) in [4.78, 5) is 0. The summed E-state index contributed by atoms with van der Waals surface area (Å²) >= 11 is 3.63. The average molecular weight is 346 g/mol. The third kappa shape index (κ3) is 5.19. The molecule has 5 heteroatoms. The van der Waals surface area contributed by atoms with Gasteiger partial charge in [0.2, 0.25) is 0 Å². The van der Waals surface area contributed by atoms with Gasteiger partial charge >= 0.3 is 0 Å². The number of nitrogens with one attached hydrogen (secondary N) is 1. The van der Waals surface area contributed by atoms with Gasteiger partial charge in [-0.25, -0.2) is 0 Å². The van der Waals surface area contributed by atoms with Crippen molar-refractivity contribution >= 4 is 15.9 Å². The fourth-order valence-corrected chi connectivity index (χ4v) is 3.03. The molecule has 0 saturated carbocycles. The summed E-state index contributed by atoms with van der Waals surface area (Å²) in [6.45, 7) is 12.8. The number of aliphatic hydroxyl groups excluding tert-OH is 1. The van der Waals surface area contributed by atoms with Gasteiger partial charge in [-0.05, 0) is 41.1 Å². The molecule has 2 N–H and O–H groups in total. The van der Waals surface area contributed by atoms with Crippen LogP contribution in [0.4, 0.5) is 0 Å². The quantitative estimate of drug-likeness (QED) is 0.798. The van der Waals surface area contributed by atoms with Gasteiger partial charge in [0.05, 0.1) is 22.0 Å². The first-order valence-corrected chi connectivity index (χ1v) is 8.20. The first-order valence-electron chi connectivity index (χ1n) is 7.41. The predicted molar refractivity (Wildman–Crippen MR) is 86.8 cm³/mol. The first kappa shape index (κ1) is 17.7. The normalized spacial score (nSPS) is 13.8. The van der Waals surface area contributed by atoms with Crippen molar-refractivity contribution in [2.24, 2.45) is 5.41 Å². The lowest BCUT2D eigenvalue weighted by molar-refractivity contribution is 0.119. The van der Waals surface area contributed by atoms with Gasteiger partial charge in [-0.3, -0.25) is 4.68 Å². The van der Waals surface area contributed by atoms with Crippen LogP contribution in [0, 0.1) is 5.41 Å². The van der Waals surface area contributed by atoms with Crippen LogP contribution in [0.25, 0.3) is 0 Å². The van der Waals surface area contributed by atoms with Crippen molar-refractivity contribution in [3.8, 4) is 0 Å². The van der Waals surface area contributed by atoms with E-state index in [9.17, 15) is 5.11 Å². The fourth-order valence-electron chi connectivity index (χ4n) is 2.32. The van der Waals surface area contributed by atoms with E-state index in [1.165, 1.54) is 0 Å². The van der Waals surface area contributed by atoms with Crippen molar-refractivity contribution in [1.82, 2.24) is 15.1 Å². The molecular weight excluding hydrogens is 318 g/mol. The van der Waals surface area contributed by atoms with E-state index < -0.39 is 0 Å². The second-order valence-corrected chi connectivity index (χ2v) is 7.22. The molecule has 4 nitrogen and oxygen atoms in total. The van der Waals surface area contributed by atoms with E-state index in [0.29, 0.717) is 6.54 Å². The fraction of sp³-hybridized carbons (Fsp3) is 0.800. The largest absolute Gasteiger partial charge is 0.392 e. The summed E-state index contributed by atoms with van der Waals surface area (Å²) in [5.74, 6) is 0. The van der Waals surface area contributed by atoms with Crippen LogP contribution in [0.1, 0.15) is 52.4 Å². The Labute approximate surface area is 131 Å². The van der Waals surface area contributed by atoms with Crippen LogP contribution >= 0.6 is 15.9 Å². The van der Waals surface area contributed by atoms with Crippen molar-refractivity contribution in [2.45, 2.75) is 66.7 Å². The zero-order valence-electron chi connectivity index (χ0n) is 13.3. The van der Waals surface area contributed by atoms with E-state index >= 15 is 0 Å². The van der Waals surface area contributed by atoms with Gasteiger partial charge < -0.3 is 10.4 Å². The maximum absolute atomic E-state index is 10.0. The molecule has 0 aliphatic rings. The molecule has 0 aromatic carbocycles. The summed E-state index contributed by atoms with van der Waals surface area (Å²) in [7, 11) is 0. The highest BCUT2D eigenvalue weighted by molar-refractivity contribution is 9.10. The molecule has 0 bridgehead atoms. The summed E-state index contributed by atoms with van der Waals surface area (Å²) in [5.41, 5.74) is 2.41. The lowest BCUT2D eigenvalue weighted by atomic mass is 9.89. The Kier molecular flexibility index (Phi) is 6.69. The smallest absolute Gasteiger partial charge is 0.0767 e. The molecular formula is C15H28BrN3O. The molecule has 0 fully saturated rings. The minimum absolute atomic E-state index is 0.155. The predicted octanol–water partition coefficient (Wildman–Crippen LogP) is 3.11. The van der Waals surface area contributed by atoms with Gasteiger partial charge in [-0.1, -0.05) is 27.7 Å². The topological polar surface area (TPSA) is 50.1 Å². The third-order valence-electron chi connectivity index (χ3n) is 3.21. The summed E-state index contributed by atoms with van der Waals surface area (Å²) in [6.07, 6.45) is 1.42. The van der Waals surface area contributed by atoms with E-state index in [2.05, 4.69) is 61.0 Å². The van der Waals surface area contributed by atoms with E-state index in [0.717, 1.165) is 41.8 Å².